The van der Waals surface area contributed by atoms with Gasteiger partial charge in [-0.15, -0.1) is 0 Å². The van der Waals surface area contributed by atoms with Crippen molar-refractivity contribution in [1.29, 1.82) is 0 Å². The van der Waals surface area contributed by atoms with Crippen molar-refractivity contribution in [2.45, 2.75) is 38.9 Å². The number of fused-ring (bicyclic) bond motifs is 2. The molecule has 0 unspecified atom stereocenters. The largest absolute Gasteiger partial charge is 0.494 e. The predicted molar refractivity (Wildman–Crippen MR) is 149 cm³/mol. The molecule has 4 heterocycles. The molecule has 11 nitrogen and oxygen atoms in total. The molecule has 0 saturated carbocycles. The van der Waals surface area contributed by atoms with E-state index in [-0.39, 0.29) is 30.3 Å². The number of halogens is 3. The number of nitrogens with one attached hydrogen (secondary N) is 3. The van der Waals surface area contributed by atoms with Crippen molar-refractivity contribution in [3.63, 3.8) is 0 Å². The maximum absolute atomic E-state index is 12.8. The highest BCUT2D eigenvalue weighted by atomic mass is 19.4. The van der Waals surface area contributed by atoms with E-state index in [1.165, 1.54) is 6.92 Å². The van der Waals surface area contributed by atoms with Gasteiger partial charge in [0.15, 0.2) is 6.61 Å². The van der Waals surface area contributed by atoms with Gasteiger partial charge in [-0.05, 0) is 61.2 Å². The fraction of sp³-hybridized carbons (Fsp3) is 0.393. The lowest BCUT2D eigenvalue weighted by molar-refractivity contribution is -0.154. The standard InChI is InChI=1S/C28H32F3N7O4/c1-19(39)38-14-2-3-16-41-23-11-5-20(6-12-23)17-33-25-35-26(37-27(36-25)42-18-28(29,30)31)34-22-9-7-21(8-10-22)24(40)32-13-4-15-38/h5-12H,2-4,13-18H2,1H3,(H,32,40)(H2,33,34,35,36,37). The van der Waals surface area contributed by atoms with Crippen LogP contribution in [0.2, 0.25) is 0 Å². The van der Waals surface area contributed by atoms with Crippen molar-refractivity contribution in [3.05, 3.63) is 59.7 Å². The van der Waals surface area contributed by atoms with E-state index in [0.717, 1.165) is 18.4 Å². The summed E-state index contributed by atoms with van der Waals surface area (Å²) in [4.78, 5) is 38.5. The fourth-order valence-electron chi connectivity index (χ4n) is 4.02. The molecule has 0 radical (unpaired) electrons. The second-order valence-electron chi connectivity index (χ2n) is 9.54. The summed E-state index contributed by atoms with van der Waals surface area (Å²) >= 11 is 0. The number of carbonyl (C=O) groups excluding carboxylic acids is 2. The molecule has 224 valence electrons. The molecular formula is C28H32F3N7O4. The Morgan fingerprint density at radius 1 is 0.952 bits per heavy atom. The van der Waals surface area contributed by atoms with Crippen LogP contribution >= 0.6 is 0 Å². The Morgan fingerprint density at radius 2 is 1.67 bits per heavy atom. The van der Waals surface area contributed by atoms with Gasteiger partial charge >= 0.3 is 12.2 Å². The number of ether oxygens (including phenoxy) is 2. The Bertz CT molecular complexity index is 1340. The van der Waals surface area contributed by atoms with Crippen LogP contribution in [0, 0.1) is 0 Å². The van der Waals surface area contributed by atoms with E-state index in [1.807, 2.05) is 24.3 Å². The van der Waals surface area contributed by atoms with E-state index in [4.69, 9.17) is 9.47 Å². The normalized spacial score (nSPS) is 15.3. The third kappa shape index (κ3) is 9.78. The highest BCUT2D eigenvalue weighted by Crippen LogP contribution is 2.21. The number of benzene rings is 2. The molecule has 42 heavy (non-hydrogen) atoms. The molecule has 6 bridgehead atoms. The highest BCUT2D eigenvalue weighted by Gasteiger charge is 2.29. The molecule has 2 amide bonds. The number of carbonyl (C=O) groups is 2. The fourth-order valence-corrected chi connectivity index (χ4v) is 4.02. The molecule has 3 aliphatic heterocycles. The van der Waals surface area contributed by atoms with E-state index in [9.17, 15) is 22.8 Å². The smallest absolute Gasteiger partial charge is 0.422 e. The minimum absolute atomic E-state index is 0.00567. The Balaban J connectivity index is 1.53. The molecule has 6 rings (SSSR count). The van der Waals surface area contributed by atoms with Crippen LogP contribution < -0.4 is 25.4 Å². The molecule has 0 spiro atoms. The van der Waals surface area contributed by atoms with Crippen molar-refractivity contribution in [2.75, 3.05) is 43.5 Å². The van der Waals surface area contributed by atoms with Gasteiger partial charge in [0.2, 0.25) is 17.8 Å². The first-order valence-electron chi connectivity index (χ1n) is 13.5. The average molecular weight is 588 g/mol. The summed E-state index contributed by atoms with van der Waals surface area (Å²) in [6.07, 6.45) is -2.44. The van der Waals surface area contributed by atoms with Crippen LogP contribution in [0.4, 0.5) is 30.8 Å². The van der Waals surface area contributed by atoms with Crippen molar-refractivity contribution >= 4 is 29.4 Å². The SMILES string of the molecule is CC(=O)N1CCCCOc2ccc(cc2)CNc2nc(nc(OCC(F)(F)F)n2)Nc2ccc(cc2)C(=O)NCCC1. The molecule has 1 aromatic heterocycles. The second kappa shape index (κ2) is 14.3. The molecule has 0 saturated heterocycles. The van der Waals surface area contributed by atoms with E-state index < -0.39 is 18.8 Å². The molecule has 14 heteroatoms. The lowest BCUT2D eigenvalue weighted by atomic mass is 10.2. The first-order valence-corrected chi connectivity index (χ1v) is 13.5. The predicted octanol–water partition coefficient (Wildman–Crippen LogP) is 4.31. The number of amides is 2. The van der Waals surface area contributed by atoms with Crippen LogP contribution in [0.3, 0.4) is 0 Å². The van der Waals surface area contributed by atoms with E-state index in [2.05, 4.69) is 30.9 Å². The van der Waals surface area contributed by atoms with Gasteiger partial charge in [-0.1, -0.05) is 12.1 Å². The number of nitrogens with zero attached hydrogens (tertiary/aromatic N) is 4. The summed E-state index contributed by atoms with van der Waals surface area (Å²) in [6, 6.07) is 13.2. The molecule has 0 atom stereocenters. The van der Waals surface area contributed by atoms with Crippen molar-refractivity contribution in [2.24, 2.45) is 0 Å². The number of hydrogen-bond acceptors (Lipinski definition) is 9. The summed E-state index contributed by atoms with van der Waals surface area (Å²) in [5.41, 5.74) is 1.75. The first-order chi connectivity index (χ1) is 20.1. The third-order valence-electron chi connectivity index (χ3n) is 6.18. The summed E-state index contributed by atoms with van der Waals surface area (Å²) in [6.45, 7) is 2.25. The van der Waals surface area contributed by atoms with Crippen LogP contribution in [0.25, 0.3) is 0 Å². The summed E-state index contributed by atoms with van der Waals surface area (Å²) in [5.74, 6) is 0.344. The van der Waals surface area contributed by atoms with E-state index in [0.29, 0.717) is 49.7 Å². The van der Waals surface area contributed by atoms with Crippen LogP contribution in [0.15, 0.2) is 48.5 Å². The van der Waals surface area contributed by atoms with Gasteiger partial charge < -0.3 is 30.3 Å². The highest BCUT2D eigenvalue weighted by molar-refractivity contribution is 5.94. The Morgan fingerprint density at radius 3 is 2.38 bits per heavy atom. The first kappa shape index (κ1) is 30.3. The number of anilines is 3. The second-order valence-corrected chi connectivity index (χ2v) is 9.54. The topological polar surface area (TPSA) is 131 Å². The van der Waals surface area contributed by atoms with Crippen LogP contribution in [0.5, 0.6) is 11.8 Å². The van der Waals surface area contributed by atoms with Crippen molar-refractivity contribution in [1.82, 2.24) is 25.2 Å². The molecule has 3 N–H and O–H groups in total. The average Bonchev–Trinajstić information content (AvgIpc) is 2.96. The van der Waals surface area contributed by atoms with Crippen molar-refractivity contribution < 1.29 is 32.2 Å². The summed E-state index contributed by atoms with van der Waals surface area (Å²) in [7, 11) is 0. The quantitative estimate of drug-likeness (QED) is 0.402. The Labute approximate surface area is 240 Å². The zero-order valence-electron chi connectivity index (χ0n) is 23.0. The van der Waals surface area contributed by atoms with Gasteiger partial charge in [-0.2, -0.15) is 28.1 Å². The third-order valence-corrected chi connectivity index (χ3v) is 6.18. The maximum Gasteiger partial charge on any atom is 0.422 e. The summed E-state index contributed by atoms with van der Waals surface area (Å²) < 4.78 is 48.8. The minimum Gasteiger partial charge on any atom is -0.494 e. The van der Waals surface area contributed by atoms with Crippen LogP contribution in [0.1, 0.15) is 42.1 Å². The molecule has 3 aliphatic rings. The van der Waals surface area contributed by atoms with Gasteiger partial charge in [-0.25, -0.2) is 0 Å². The van der Waals surface area contributed by atoms with Gasteiger partial charge in [0.25, 0.3) is 5.91 Å². The number of aromatic nitrogens is 3. The van der Waals surface area contributed by atoms with Crippen LogP contribution in [-0.4, -0.2) is 70.7 Å². The van der Waals surface area contributed by atoms with Crippen molar-refractivity contribution in [3.8, 4) is 11.8 Å². The molecular weight excluding hydrogens is 555 g/mol. The number of alkyl halides is 3. The van der Waals surface area contributed by atoms with Gasteiger partial charge in [-0.3, -0.25) is 9.59 Å². The Kier molecular flexibility index (Phi) is 10.3. The molecule has 0 fully saturated rings. The molecule has 0 aliphatic carbocycles. The monoisotopic (exact) mass is 587 g/mol. The minimum atomic E-state index is -4.57. The lowest BCUT2D eigenvalue weighted by Gasteiger charge is -2.21. The van der Waals surface area contributed by atoms with Gasteiger partial charge in [0.05, 0.1) is 6.61 Å². The molecule has 2 aromatic carbocycles. The van der Waals surface area contributed by atoms with Crippen LogP contribution in [-0.2, 0) is 11.3 Å². The number of rotatable bonds is 2. The number of hydrogen-bond donors (Lipinski definition) is 3. The Hall–Kier alpha value is -4.62. The molecule has 3 aromatic rings. The van der Waals surface area contributed by atoms with E-state index >= 15 is 0 Å². The maximum atomic E-state index is 12.8. The van der Waals surface area contributed by atoms with E-state index in [1.54, 1.807) is 29.2 Å². The zero-order valence-corrected chi connectivity index (χ0v) is 23.0. The lowest BCUT2D eigenvalue weighted by Crippen LogP contribution is -2.33. The summed E-state index contributed by atoms with van der Waals surface area (Å²) in [5, 5.41) is 8.73. The van der Waals surface area contributed by atoms with Gasteiger partial charge in [0.1, 0.15) is 5.75 Å². The zero-order chi connectivity index (χ0) is 30.0. The van der Waals surface area contributed by atoms with Gasteiger partial charge in [0, 0.05) is 44.4 Å².